The number of nitrogens with zero attached hydrogens (tertiary/aromatic N) is 4. The standard InChI is InChI=1S/C21H30N6O3S/c1-12(2)27-13(11-28)10-17(25-27)31(22,30)26-20(29)24-18-14-6-5-7-16(14)23-19-15(18)8-9-21(19,3)4/h10,12,28H,5-9,11H2,1-4H3,(H3,22,23,24,26,29,30). The number of fused-ring (bicyclic) bond motifs is 2. The average Bonchev–Trinajstić information content (AvgIpc) is 3.39. The number of anilines is 1. The molecule has 1 atom stereocenters. The smallest absolute Gasteiger partial charge is 0.354 e. The van der Waals surface area contributed by atoms with Gasteiger partial charge in [0.05, 0.1) is 23.7 Å². The molecule has 2 heterocycles. The quantitative estimate of drug-likeness (QED) is 0.663. The van der Waals surface area contributed by atoms with Crippen LogP contribution >= 0.6 is 0 Å². The summed E-state index contributed by atoms with van der Waals surface area (Å²) in [7, 11) is -3.57. The Bertz CT molecular complexity index is 1170. The molecule has 0 saturated carbocycles. The van der Waals surface area contributed by atoms with Gasteiger partial charge in [-0.05, 0) is 57.1 Å². The van der Waals surface area contributed by atoms with Crippen molar-refractivity contribution in [3.63, 3.8) is 0 Å². The van der Waals surface area contributed by atoms with Gasteiger partial charge in [-0.25, -0.2) is 14.1 Å². The van der Waals surface area contributed by atoms with E-state index >= 15 is 0 Å². The summed E-state index contributed by atoms with van der Waals surface area (Å²) >= 11 is 0. The summed E-state index contributed by atoms with van der Waals surface area (Å²) in [6.07, 6.45) is 4.53. The van der Waals surface area contributed by atoms with Gasteiger partial charge in [-0.1, -0.05) is 13.8 Å². The molecule has 0 aromatic carbocycles. The fraction of sp³-hybridized carbons (Fsp3) is 0.571. The molecule has 2 aliphatic carbocycles. The molecular weight excluding hydrogens is 416 g/mol. The van der Waals surface area contributed by atoms with Gasteiger partial charge in [-0.2, -0.15) is 5.10 Å². The summed E-state index contributed by atoms with van der Waals surface area (Å²) < 4.78 is 18.4. The van der Waals surface area contributed by atoms with E-state index < -0.39 is 15.9 Å². The monoisotopic (exact) mass is 446 g/mol. The van der Waals surface area contributed by atoms with E-state index in [4.69, 9.17) is 10.1 Å². The van der Waals surface area contributed by atoms with Gasteiger partial charge in [-0.15, -0.1) is 4.36 Å². The lowest BCUT2D eigenvalue weighted by Crippen LogP contribution is -2.20. The van der Waals surface area contributed by atoms with Gasteiger partial charge < -0.3 is 10.4 Å². The molecule has 0 fully saturated rings. The van der Waals surface area contributed by atoms with Crippen molar-refractivity contribution in [3.05, 3.63) is 34.3 Å². The summed E-state index contributed by atoms with van der Waals surface area (Å²) in [6, 6.07) is 0.610. The van der Waals surface area contributed by atoms with Crippen molar-refractivity contribution in [1.29, 1.82) is 0 Å². The normalized spacial score (nSPS) is 18.5. The molecule has 0 saturated heterocycles. The summed E-state index contributed by atoms with van der Waals surface area (Å²) in [5.41, 5.74) is 5.33. The molecular formula is C21H30N6O3S. The second-order valence-electron chi connectivity index (χ2n) is 9.24. The number of carbonyl (C=O) groups is 1. The number of aromatic nitrogens is 3. The van der Waals surface area contributed by atoms with Gasteiger partial charge in [0, 0.05) is 23.2 Å². The zero-order chi connectivity index (χ0) is 22.6. The van der Waals surface area contributed by atoms with Crippen LogP contribution in [0.1, 0.15) is 74.8 Å². The molecule has 0 bridgehead atoms. The Balaban J connectivity index is 1.70. The highest BCUT2D eigenvalue weighted by atomic mass is 32.2. The first-order valence-electron chi connectivity index (χ1n) is 10.6. The number of carbonyl (C=O) groups excluding carboxylic acids is 1. The first-order valence-corrected chi connectivity index (χ1v) is 12.2. The molecule has 2 aliphatic rings. The van der Waals surface area contributed by atoms with Gasteiger partial charge in [0.1, 0.15) is 0 Å². The number of hydrogen-bond acceptors (Lipinski definition) is 5. The fourth-order valence-corrected chi connectivity index (χ4v) is 5.44. The van der Waals surface area contributed by atoms with Gasteiger partial charge in [0.2, 0.25) is 0 Å². The van der Waals surface area contributed by atoms with Crippen LogP contribution < -0.4 is 10.5 Å². The highest BCUT2D eigenvalue weighted by molar-refractivity contribution is 7.91. The maximum Gasteiger partial charge on any atom is 0.354 e. The number of urea groups is 1. The molecule has 4 N–H and O–H groups in total. The molecule has 4 rings (SSSR count). The van der Waals surface area contributed by atoms with Crippen molar-refractivity contribution in [1.82, 2.24) is 14.8 Å². The van der Waals surface area contributed by atoms with Crippen LogP contribution in [0.15, 0.2) is 15.5 Å². The van der Waals surface area contributed by atoms with E-state index in [1.54, 1.807) is 0 Å². The fourth-order valence-electron chi connectivity index (χ4n) is 4.55. The summed E-state index contributed by atoms with van der Waals surface area (Å²) in [4.78, 5) is 17.7. The number of aryl methyl sites for hydroxylation is 1. The number of rotatable bonds is 4. The Hall–Kier alpha value is -2.30. The molecule has 2 aromatic heterocycles. The van der Waals surface area contributed by atoms with Crippen LogP contribution in [0.2, 0.25) is 0 Å². The van der Waals surface area contributed by atoms with Crippen LogP contribution in [0.3, 0.4) is 0 Å². The van der Waals surface area contributed by atoms with Crippen LogP contribution in [0.25, 0.3) is 0 Å². The van der Waals surface area contributed by atoms with Crippen LogP contribution in [0.4, 0.5) is 10.5 Å². The maximum absolute atomic E-state index is 13.0. The van der Waals surface area contributed by atoms with Crippen molar-refractivity contribution in [2.75, 3.05) is 5.32 Å². The van der Waals surface area contributed by atoms with E-state index in [0.29, 0.717) is 5.69 Å². The lowest BCUT2D eigenvalue weighted by Gasteiger charge is -2.20. The predicted octanol–water partition coefficient (Wildman–Crippen LogP) is 3.00. The second kappa shape index (κ2) is 7.68. The van der Waals surface area contributed by atoms with Crippen LogP contribution in [0.5, 0.6) is 0 Å². The Morgan fingerprint density at radius 3 is 2.74 bits per heavy atom. The summed E-state index contributed by atoms with van der Waals surface area (Å²) in [5, 5.41) is 22.5. The molecule has 10 heteroatoms. The minimum absolute atomic E-state index is 0.0216. The Kier molecular flexibility index (Phi) is 5.43. The van der Waals surface area contributed by atoms with Crippen molar-refractivity contribution in [3.8, 4) is 0 Å². The number of pyridine rings is 1. The zero-order valence-corrected chi connectivity index (χ0v) is 19.3. The summed E-state index contributed by atoms with van der Waals surface area (Å²) in [5.74, 6) is 0. The lowest BCUT2D eigenvalue weighted by molar-refractivity contribution is 0.260. The number of aliphatic hydroxyl groups is 1. The molecule has 2 aromatic rings. The Morgan fingerprint density at radius 1 is 1.35 bits per heavy atom. The average molecular weight is 447 g/mol. The van der Waals surface area contributed by atoms with Gasteiger partial charge in [0.25, 0.3) is 0 Å². The van der Waals surface area contributed by atoms with Crippen molar-refractivity contribution in [2.45, 2.75) is 82.9 Å². The molecule has 9 nitrogen and oxygen atoms in total. The summed E-state index contributed by atoms with van der Waals surface area (Å²) in [6.45, 7) is 7.81. The van der Waals surface area contributed by atoms with E-state index in [1.807, 2.05) is 13.8 Å². The third-order valence-corrected chi connectivity index (χ3v) is 7.39. The Morgan fingerprint density at radius 2 is 2.10 bits per heavy atom. The zero-order valence-electron chi connectivity index (χ0n) is 18.4. The number of nitrogens with two attached hydrogens (primary N) is 1. The molecule has 168 valence electrons. The SMILES string of the molecule is CC(C)n1nc(S(N)(=O)=NC(=O)Nc2c3c(nc4c2CCC4(C)C)CCC3)cc1CO. The van der Waals surface area contributed by atoms with E-state index in [1.165, 1.54) is 10.7 Å². The number of aliphatic hydroxyl groups excluding tert-OH is 1. The van der Waals surface area contributed by atoms with Crippen LogP contribution in [0, 0.1) is 0 Å². The van der Waals surface area contributed by atoms with E-state index in [9.17, 15) is 14.1 Å². The van der Waals surface area contributed by atoms with Gasteiger partial charge >= 0.3 is 6.03 Å². The lowest BCUT2D eigenvalue weighted by atomic mass is 9.90. The number of nitrogens with one attached hydrogen (secondary N) is 1. The van der Waals surface area contributed by atoms with Crippen molar-refractivity contribution in [2.24, 2.45) is 9.50 Å². The third-order valence-electron chi connectivity index (χ3n) is 6.16. The van der Waals surface area contributed by atoms with E-state index in [-0.39, 0.29) is 23.1 Å². The van der Waals surface area contributed by atoms with Crippen LogP contribution in [-0.2, 0) is 41.2 Å². The first-order chi connectivity index (χ1) is 14.5. The largest absolute Gasteiger partial charge is 0.390 e. The second-order valence-corrected chi connectivity index (χ2v) is 11.0. The Labute approximate surface area is 182 Å². The van der Waals surface area contributed by atoms with Crippen molar-refractivity contribution >= 4 is 21.6 Å². The molecule has 0 aliphatic heterocycles. The molecule has 31 heavy (non-hydrogen) atoms. The minimum atomic E-state index is -3.57. The molecule has 1 unspecified atom stereocenters. The molecule has 0 spiro atoms. The van der Waals surface area contributed by atoms with Crippen molar-refractivity contribution < 1.29 is 14.1 Å². The highest BCUT2D eigenvalue weighted by Crippen LogP contribution is 2.44. The maximum atomic E-state index is 13.0. The predicted molar refractivity (Wildman–Crippen MR) is 118 cm³/mol. The minimum Gasteiger partial charge on any atom is -0.390 e. The highest BCUT2D eigenvalue weighted by Gasteiger charge is 2.36. The number of amides is 2. The third kappa shape index (κ3) is 3.88. The van der Waals surface area contributed by atoms with Crippen LogP contribution in [-0.4, -0.2) is 30.1 Å². The molecule has 2 amide bonds. The first kappa shape index (κ1) is 21.9. The molecule has 0 radical (unpaired) electrons. The topological polar surface area (TPSA) is 135 Å². The van der Waals surface area contributed by atoms with E-state index in [2.05, 4.69) is 28.6 Å². The van der Waals surface area contributed by atoms with E-state index in [0.717, 1.165) is 60.3 Å². The van der Waals surface area contributed by atoms with Gasteiger partial charge in [0.15, 0.2) is 14.9 Å². The van der Waals surface area contributed by atoms with Gasteiger partial charge in [-0.3, -0.25) is 9.67 Å². The number of hydrogen-bond donors (Lipinski definition) is 3.